The molecule has 11 heteroatoms. The zero-order chi connectivity index (χ0) is 20.9. The number of benzene rings is 1. The van der Waals surface area contributed by atoms with Crippen LogP contribution in [0, 0.1) is 0 Å². The van der Waals surface area contributed by atoms with Crippen molar-refractivity contribution in [2.45, 2.75) is 18.6 Å². The van der Waals surface area contributed by atoms with Crippen LogP contribution in [0.2, 0.25) is 0 Å². The summed E-state index contributed by atoms with van der Waals surface area (Å²) in [6, 6.07) is 8.41. The van der Waals surface area contributed by atoms with Gasteiger partial charge in [-0.3, -0.25) is 25.0 Å². The molecular formula is C19H19N5O5S. The van der Waals surface area contributed by atoms with Crippen molar-refractivity contribution in [1.29, 1.82) is 0 Å². The molecule has 0 aliphatic carbocycles. The van der Waals surface area contributed by atoms with Crippen LogP contribution in [-0.2, 0) is 11.3 Å². The van der Waals surface area contributed by atoms with Gasteiger partial charge in [0.1, 0.15) is 13.2 Å². The minimum absolute atomic E-state index is 0.0533. The maximum atomic E-state index is 12.3. The lowest BCUT2D eigenvalue weighted by Crippen LogP contribution is -2.42. The molecule has 0 saturated carbocycles. The second-order valence-electron chi connectivity index (χ2n) is 6.18. The van der Waals surface area contributed by atoms with Crippen LogP contribution in [0.4, 0.5) is 0 Å². The number of hydrogen-bond donors (Lipinski definition) is 2. The van der Waals surface area contributed by atoms with Crippen LogP contribution in [0.1, 0.15) is 17.3 Å². The van der Waals surface area contributed by atoms with Gasteiger partial charge in [-0.25, -0.2) is 0 Å². The zero-order valence-electron chi connectivity index (χ0n) is 16.1. The number of hydrogen-bond acceptors (Lipinski definition) is 8. The Morgan fingerprint density at radius 2 is 1.97 bits per heavy atom. The molecule has 1 aromatic carbocycles. The van der Waals surface area contributed by atoms with E-state index in [1.165, 1.54) is 11.8 Å². The van der Waals surface area contributed by atoms with Crippen LogP contribution in [0.25, 0.3) is 11.6 Å². The molecule has 0 spiro atoms. The van der Waals surface area contributed by atoms with E-state index >= 15 is 0 Å². The Bertz CT molecular complexity index is 1050. The van der Waals surface area contributed by atoms with Crippen molar-refractivity contribution >= 4 is 23.6 Å². The fourth-order valence-corrected chi connectivity index (χ4v) is 3.62. The molecule has 2 aromatic heterocycles. The number of aromatic nitrogens is 3. The van der Waals surface area contributed by atoms with Gasteiger partial charge in [-0.1, -0.05) is 11.8 Å². The standard InChI is InChI=1S/C19H19N5O5S/c1-2-24-17(14-4-3-7-27-14)21-23-19(24)30-11-16(25)20-22-18(26)12-5-6-13-15(10-12)29-9-8-28-13/h3-7,10H,2,8-9,11H2,1H3,(H,20,25)(H,22,26). The van der Waals surface area contributed by atoms with Crippen molar-refractivity contribution < 1.29 is 23.5 Å². The Morgan fingerprint density at radius 3 is 2.73 bits per heavy atom. The lowest BCUT2D eigenvalue weighted by molar-refractivity contribution is -0.119. The van der Waals surface area contributed by atoms with Gasteiger partial charge >= 0.3 is 0 Å². The highest BCUT2D eigenvalue weighted by atomic mass is 32.2. The minimum atomic E-state index is -0.456. The van der Waals surface area contributed by atoms with E-state index in [0.29, 0.717) is 53.6 Å². The highest BCUT2D eigenvalue weighted by Gasteiger charge is 2.17. The van der Waals surface area contributed by atoms with E-state index in [2.05, 4.69) is 21.0 Å². The zero-order valence-corrected chi connectivity index (χ0v) is 16.9. The van der Waals surface area contributed by atoms with Crippen LogP contribution in [0.15, 0.2) is 46.2 Å². The van der Waals surface area contributed by atoms with Gasteiger partial charge in [-0.15, -0.1) is 10.2 Å². The van der Waals surface area contributed by atoms with Crippen LogP contribution < -0.4 is 20.3 Å². The third-order valence-electron chi connectivity index (χ3n) is 4.23. The van der Waals surface area contributed by atoms with Crippen LogP contribution in [0.3, 0.4) is 0 Å². The maximum absolute atomic E-state index is 12.3. The molecule has 156 valence electrons. The molecule has 0 atom stereocenters. The fourth-order valence-electron chi connectivity index (χ4n) is 2.82. The smallest absolute Gasteiger partial charge is 0.269 e. The first-order valence-corrected chi connectivity index (χ1v) is 10.2. The molecule has 2 N–H and O–H groups in total. The van der Waals surface area contributed by atoms with Crippen molar-refractivity contribution in [1.82, 2.24) is 25.6 Å². The maximum Gasteiger partial charge on any atom is 0.269 e. The molecule has 0 fully saturated rings. The van der Waals surface area contributed by atoms with E-state index in [1.54, 1.807) is 36.6 Å². The number of hydrazine groups is 1. The van der Waals surface area contributed by atoms with Crippen molar-refractivity contribution in [2.75, 3.05) is 19.0 Å². The number of amides is 2. The van der Waals surface area contributed by atoms with Crippen LogP contribution in [-0.4, -0.2) is 45.5 Å². The van der Waals surface area contributed by atoms with E-state index in [-0.39, 0.29) is 11.7 Å². The predicted molar refractivity (Wildman–Crippen MR) is 107 cm³/mol. The minimum Gasteiger partial charge on any atom is -0.486 e. The van der Waals surface area contributed by atoms with E-state index in [1.807, 2.05) is 11.5 Å². The van der Waals surface area contributed by atoms with Gasteiger partial charge in [-0.05, 0) is 37.3 Å². The first kappa shape index (κ1) is 19.8. The van der Waals surface area contributed by atoms with Crippen molar-refractivity contribution in [3.8, 4) is 23.1 Å². The number of carbonyl (C=O) groups is 2. The molecule has 0 unspecified atom stereocenters. The summed E-state index contributed by atoms with van der Waals surface area (Å²) in [5.74, 6) is 1.51. The van der Waals surface area contributed by atoms with Gasteiger partial charge in [-0.2, -0.15) is 0 Å². The van der Waals surface area contributed by atoms with Crippen molar-refractivity contribution in [3.63, 3.8) is 0 Å². The molecule has 30 heavy (non-hydrogen) atoms. The van der Waals surface area contributed by atoms with Gasteiger partial charge in [0.2, 0.25) is 5.91 Å². The SMILES string of the molecule is CCn1c(SCC(=O)NNC(=O)c2ccc3c(c2)OCCO3)nnc1-c1ccco1. The van der Waals surface area contributed by atoms with Crippen LogP contribution >= 0.6 is 11.8 Å². The molecular weight excluding hydrogens is 410 g/mol. The molecule has 3 heterocycles. The summed E-state index contributed by atoms with van der Waals surface area (Å²) in [5.41, 5.74) is 5.14. The number of ether oxygens (including phenoxy) is 2. The topological polar surface area (TPSA) is 121 Å². The number of rotatable bonds is 6. The molecule has 10 nitrogen and oxygen atoms in total. The van der Waals surface area contributed by atoms with E-state index in [4.69, 9.17) is 13.9 Å². The average Bonchev–Trinajstić information content (AvgIpc) is 3.45. The normalized spacial score (nSPS) is 12.4. The molecule has 1 aliphatic rings. The number of carbonyl (C=O) groups excluding carboxylic acids is 2. The highest BCUT2D eigenvalue weighted by molar-refractivity contribution is 7.99. The Labute approximate surface area is 175 Å². The van der Waals surface area contributed by atoms with Gasteiger partial charge in [0.25, 0.3) is 5.91 Å². The third kappa shape index (κ3) is 4.25. The molecule has 3 aromatic rings. The second kappa shape index (κ2) is 8.91. The number of thioether (sulfide) groups is 1. The molecule has 0 bridgehead atoms. The summed E-state index contributed by atoms with van der Waals surface area (Å²) in [4.78, 5) is 24.4. The molecule has 4 rings (SSSR count). The third-order valence-corrected chi connectivity index (χ3v) is 5.19. The van der Waals surface area contributed by atoms with Crippen LogP contribution in [0.5, 0.6) is 11.5 Å². The lowest BCUT2D eigenvalue weighted by Gasteiger charge is -2.18. The first-order valence-electron chi connectivity index (χ1n) is 9.24. The summed E-state index contributed by atoms with van der Waals surface area (Å²) in [5, 5.41) is 8.83. The molecule has 2 amide bonds. The summed E-state index contributed by atoms with van der Waals surface area (Å²) in [6.07, 6.45) is 1.56. The quantitative estimate of drug-likeness (QED) is 0.450. The van der Waals surface area contributed by atoms with E-state index < -0.39 is 5.91 Å². The molecule has 0 saturated heterocycles. The average molecular weight is 429 g/mol. The largest absolute Gasteiger partial charge is 0.486 e. The Morgan fingerprint density at radius 1 is 1.13 bits per heavy atom. The number of nitrogens with one attached hydrogen (secondary N) is 2. The van der Waals surface area contributed by atoms with E-state index in [9.17, 15) is 9.59 Å². The summed E-state index contributed by atoms with van der Waals surface area (Å²) in [7, 11) is 0. The molecule has 1 aliphatic heterocycles. The number of nitrogens with zero attached hydrogens (tertiary/aromatic N) is 3. The summed E-state index contributed by atoms with van der Waals surface area (Å²) < 4.78 is 18.1. The van der Waals surface area contributed by atoms with Crippen molar-refractivity contribution in [2.24, 2.45) is 0 Å². The lowest BCUT2D eigenvalue weighted by atomic mass is 10.2. The Balaban J connectivity index is 1.31. The predicted octanol–water partition coefficient (Wildman–Crippen LogP) is 1.88. The number of furan rings is 1. The first-order chi connectivity index (χ1) is 14.7. The van der Waals surface area contributed by atoms with Gasteiger partial charge in [0.15, 0.2) is 28.2 Å². The Hall–Kier alpha value is -3.47. The number of fused-ring (bicyclic) bond motifs is 1. The van der Waals surface area contributed by atoms with Gasteiger partial charge in [0, 0.05) is 12.1 Å². The second-order valence-corrected chi connectivity index (χ2v) is 7.12. The monoisotopic (exact) mass is 429 g/mol. The Kier molecular flexibility index (Phi) is 5.89. The van der Waals surface area contributed by atoms with Gasteiger partial charge < -0.3 is 13.9 Å². The molecule has 0 radical (unpaired) electrons. The van der Waals surface area contributed by atoms with Crippen molar-refractivity contribution in [3.05, 3.63) is 42.2 Å². The summed E-state index contributed by atoms with van der Waals surface area (Å²) in [6.45, 7) is 3.47. The van der Waals surface area contributed by atoms with E-state index in [0.717, 1.165) is 0 Å². The fraction of sp³-hybridized carbons (Fsp3) is 0.263. The van der Waals surface area contributed by atoms with Gasteiger partial charge in [0.05, 0.1) is 12.0 Å². The highest BCUT2D eigenvalue weighted by Crippen LogP contribution is 2.30. The summed E-state index contributed by atoms with van der Waals surface area (Å²) >= 11 is 1.21.